The standard InChI is InChI=1S/C17H19Cl2NO/c1-12(2)20-10-13-7-5-9-16(19)17(13)21-11-14-6-3-4-8-15(14)18/h3-9,12,20H,10-11H2,1-2H3. The van der Waals surface area contributed by atoms with Crippen molar-refractivity contribution >= 4 is 23.2 Å². The summed E-state index contributed by atoms with van der Waals surface area (Å²) in [5.74, 6) is 0.715. The van der Waals surface area contributed by atoms with Crippen LogP contribution in [0.3, 0.4) is 0 Å². The Morgan fingerprint density at radius 1 is 0.952 bits per heavy atom. The fraction of sp³-hybridized carbons (Fsp3) is 0.294. The third-order valence-electron chi connectivity index (χ3n) is 3.08. The highest BCUT2D eigenvalue weighted by Crippen LogP contribution is 2.30. The Labute approximate surface area is 136 Å². The van der Waals surface area contributed by atoms with Gasteiger partial charge in [0.25, 0.3) is 0 Å². The molecule has 0 aliphatic carbocycles. The van der Waals surface area contributed by atoms with Crippen LogP contribution in [-0.2, 0) is 13.2 Å². The van der Waals surface area contributed by atoms with Crippen LogP contribution in [0, 0.1) is 0 Å². The van der Waals surface area contributed by atoms with Gasteiger partial charge >= 0.3 is 0 Å². The molecule has 2 aromatic rings. The molecule has 2 aromatic carbocycles. The normalized spacial score (nSPS) is 10.9. The highest BCUT2D eigenvalue weighted by atomic mass is 35.5. The van der Waals surface area contributed by atoms with E-state index in [1.54, 1.807) is 0 Å². The average Bonchev–Trinajstić information content (AvgIpc) is 2.45. The summed E-state index contributed by atoms with van der Waals surface area (Å²) in [6.45, 7) is 5.33. The van der Waals surface area contributed by atoms with Crippen molar-refractivity contribution in [1.82, 2.24) is 5.32 Å². The van der Waals surface area contributed by atoms with Crippen LogP contribution in [-0.4, -0.2) is 6.04 Å². The summed E-state index contributed by atoms with van der Waals surface area (Å²) in [6, 6.07) is 13.8. The summed E-state index contributed by atoms with van der Waals surface area (Å²) >= 11 is 12.4. The lowest BCUT2D eigenvalue weighted by molar-refractivity contribution is 0.302. The average molecular weight is 324 g/mol. The van der Waals surface area contributed by atoms with Crippen LogP contribution in [0.4, 0.5) is 0 Å². The number of para-hydroxylation sites is 1. The number of nitrogens with one attached hydrogen (secondary N) is 1. The Kier molecular flexibility index (Phi) is 5.92. The van der Waals surface area contributed by atoms with Crippen molar-refractivity contribution in [3.8, 4) is 5.75 Å². The van der Waals surface area contributed by atoms with Crippen molar-refractivity contribution in [3.05, 3.63) is 63.6 Å². The quantitative estimate of drug-likeness (QED) is 0.801. The van der Waals surface area contributed by atoms with E-state index >= 15 is 0 Å². The number of benzene rings is 2. The summed E-state index contributed by atoms with van der Waals surface area (Å²) in [4.78, 5) is 0. The molecule has 21 heavy (non-hydrogen) atoms. The second-order valence-electron chi connectivity index (χ2n) is 5.14. The first-order chi connectivity index (χ1) is 10.1. The van der Waals surface area contributed by atoms with Crippen molar-refractivity contribution in [1.29, 1.82) is 0 Å². The minimum Gasteiger partial charge on any atom is -0.487 e. The lowest BCUT2D eigenvalue weighted by Gasteiger charge is -2.15. The molecule has 0 saturated carbocycles. The molecule has 2 rings (SSSR count). The van der Waals surface area contributed by atoms with Gasteiger partial charge in [-0.2, -0.15) is 0 Å². The first-order valence-corrected chi connectivity index (χ1v) is 7.70. The first-order valence-electron chi connectivity index (χ1n) is 6.95. The second kappa shape index (κ2) is 7.69. The topological polar surface area (TPSA) is 21.3 Å². The molecular weight excluding hydrogens is 305 g/mol. The molecule has 0 radical (unpaired) electrons. The maximum absolute atomic E-state index is 6.26. The molecule has 0 unspecified atom stereocenters. The van der Waals surface area contributed by atoms with E-state index in [-0.39, 0.29) is 0 Å². The molecule has 4 heteroatoms. The first kappa shape index (κ1) is 16.2. The Morgan fingerprint density at radius 3 is 2.33 bits per heavy atom. The maximum atomic E-state index is 6.26. The predicted molar refractivity (Wildman–Crippen MR) is 89.2 cm³/mol. The van der Waals surface area contributed by atoms with Crippen molar-refractivity contribution < 1.29 is 4.74 Å². The molecule has 0 spiro atoms. The molecule has 0 aliphatic heterocycles. The number of hydrogen-bond donors (Lipinski definition) is 1. The van der Waals surface area contributed by atoms with Crippen LogP contribution in [0.2, 0.25) is 10.0 Å². The minimum atomic E-state index is 0.401. The fourth-order valence-electron chi connectivity index (χ4n) is 1.93. The lowest BCUT2D eigenvalue weighted by atomic mass is 10.2. The molecule has 0 atom stereocenters. The Hall–Kier alpha value is -1.22. The highest BCUT2D eigenvalue weighted by molar-refractivity contribution is 6.32. The zero-order chi connectivity index (χ0) is 15.2. The number of ether oxygens (including phenoxy) is 1. The summed E-state index contributed by atoms with van der Waals surface area (Å²) < 4.78 is 5.91. The summed E-state index contributed by atoms with van der Waals surface area (Å²) in [7, 11) is 0. The van der Waals surface area contributed by atoms with Crippen LogP contribution in [0.25, 0.3) is 0 Å². The number of rotatable bonds is 6. The lowest BCUT2D eigenvalue weighted by Crippen LogP contribution is -2.22. The third-order valence-corrected chi connectivity index (χ3v) is 3.75. The second-order valence-corrected chi connectivity index (χ2v) is 5.96. The molecule has 0 heterocycles. The predicted octanol–water partition coefficient (Wildman–Crippen LogP) is 5.07. The van der Waals surface area contributed by atoms with Gasteiger partial charge in [0.1, 0.15) is 12.4 Å². The number of halogens is 2. The van der Waals surface area contributed by atoms with Gasteiger partial charge in [-0.25, -0.2) is 0 Å². The van der Waals surface area contributed by atoms with Crippen molar-refractivity contribution in [3.63, 3.8) is 0 Å². The molecule has 0 bridgehead atoms. The van der Waals surface area contributed by atoms with E-state index in [1.807, 2.05) is 42.5 Å². The van der Waals surface area contributed by atoms with Gasteiger partial charge in [0.15, 0.2) is 0 Å². The van der Waals surface area contributed by atoms with Gasteiger partial charge in [-0.1, -0.05) is 67.4 Å². The summed E-state index contributed by atoms with van der Waals surface area (Å²) in [5.41, 5.74) is 1.99. The molecule has 0 amide bonds. The van der Waals surface area contributed by atoms with Crippen molar-refractivity contribution in [2.24, 2.45) is 0 Å². The van der Waals surface area contributed by atoms with E-state index in [2.05, 4.69) is 19.2 Å². The molecule has 2 nitrogen and oxygen atoms in total. The van der Waals surface area contributed by atoms with Gasteiger partial charge in [0.05, 0.1) is 5.02 Å². The van der Waals surface area contributed by atoms with Gasteiger partial charge in [-0.15, -0.1) is 0 Å². The molecule has 112 valence electrons. The van der Waals surface area contributed by atoms with Gasteiger partial charge in [0.2, 0.25) is 0 Å². The van der Waals surface area contributed by atoms with E-state index in [0.29, 0.717) is 28.4 Å². The van der Waals surface area contributed by atoms with Gasteiger partial charge in [-0.3, -0.25) is 0 Å². The van der Waals surface area contributed by atoms with Crippen LogP contribution in [0.1, 0.15) is 25.0 Å². The van der Waals surface area contributed by atoms with Gasteiger partial charge < -0.3 is 10.1 Å². The largest absolute Gasteiger partial charge is 0.487 e. The highest BCUT2D eigenvalue weighted by Gasteiger charge is 2.10. The van der Waals surface area contributed by atoms with Gasteiger partial charge in [-0.05, 0) is 12.1 Å². The van der Waals surface area contributed by atoms with Crippen molar-refractivity contribution in [2.75, 3.05) is 0 Å². The Bertz CT molecular complexity index is 599. The monoisotopic (exact) mass is 323 g/mol. The van der Waals surface area contributed by atoms with E-state index in [0.717, 1.165) is 17.7 Å². The van der Waals surface area contributed by atoms with Crippen LogP contribution < -0.4 is 10.1 Å². The molecule has 1 N–H and O–H groups in total. The number of hydrogen-bond acceptors (Lipinski definition) is 2. The SMILES string of the molecule is CC(C)NCc1cccc(Cl)c1OCc1ccccc1Cl. The molecular formula is C17H19Cl2NO. The van der Waals surface area contributed by atoms with E-state index in [9.17, 15) is 0 Å². The van der Waals surface area contributed by atoms with E-state index in [1.165, 1.54) is 0 Å². The maximum Gasteiger partial charge on any atom is 0.142 e. The van der Waals surface area contributed by atoms with E-state index < -0.39 is 0 Å². The Morgan fingerprint density at radius 2 is 1.62 bits per heavy atom. The fourth-order valence-corrected chi connectivity index (χ4v) is 2.37. The minimum absolute atomic E-state index is 0.401. The van der Waals surface area contributed by atoms with Crippen LogP contribution >= 0.6 is 23.2 Å². The molecule has 0 saturated heterocycles. The van der Waals surface area contributed by atoms with Gasteiger partial charge in [0, 0.05) is 28.7 Å². The summed E-state index contributed by atoms with van der Waals surface area (Å²) in [6.07, 6.45) is 0. The smallest absolute Gasteiger partial charge is 0.142 e. The van der Waals surface area contributed by atoms with Crippen LogP contribution in [0.15, 0.2) is 42.5 Å². The van der Waals surface area contributed by atoms with E-state index in [4.69, 9.17) is 27.9 Å². The summed E-state index contributed by atoms with van der Waals surface area (Å²) in [5, 5.41) is 4.69. The molecule has 0 aliphatic rings. The molecule has 0 aromatic heterocycles. The zero-order valence-corrected chi connectivity index (χ0v) is 13.7. The zero-order valence-electron chi connectivity index (χ0n) is 12.2. The van der Waals surface area contributed by atoms with Crippen molar-refractivity contribution in [2.45, 2.75) is 33.0 Å². The third kappa shape index (κ3) is 4.63. The van der Waals surface area contributed by atoms with Crippen LogP contribution in [0.5, 0.6) is 5.75 Å². The molecule has 0 fully saturated rings. The Balaban J connectivity index is 2.13.